The van der Waals surface area contributed by atoms with Crippen molar-refractivity contribution < 1.29 is 9.47 Å². The Morgan fingerprint density at radius 1 is 0.870 bits per heavy atom. The Kier molecular flexibility index (Phi) is 9.32. The number of morpholine rings is 2. The van der Waals surface area contributed by atoms with Gasteiger partial charge in [0, 0.05) is 45.8 Å². The molecular weight excluding hydrogens is 294 g/mol. The third kappa shape index (κ3) is 8.50. The summed E-state index contributed by atoms with van der Waals surface area (Å²) in [5, 5.41) is 3.21. The minimum absolute atomic E-state index is 0.582. The molecule has 0 saturated carbocycles. The Hall–Kier alpha value is -0.890. The minimum atomic E-state index is 0.582. The maximum atomic E-state index is 5.90. The number of aliphatic imine (C=N–C) groups is 1. The molecule has 7 nitrogen and oxygen atoms in total. The molecule has 0 radical (unpaired) electrons. The molecule has 23 heavy (non-hydrogen) atoms. The number of nitrogens with zero attached hydrogens (tertiary/aromatic N) is 3. The van der Waals surface area contributed by atoms with E-state index in [1.807, 2.05) is 0 Å². The van der Waals surface area contributed by atoms with Gasteiger partial charge in [0.2, 0.25) is 0 Å². The fourth-order valence-corrected chi connectivity index (χ4v) is 2.88. The second kappa shape index (κ2) is 11.6. The van der Waals surface area contributed by atoms with Crippen molar-refractivity contribution in [3.8, 4) is 0 Å². The number of rotatable bonds is 9. The van der Waals surface area contributed by atoms with Crippen molar-refractivity contribution in [2.45, 2.75) is 19.3 Å². The van der Waals surface area contributed by atoms with Gasteiger partial charge < -0.3 is 20.5 Å². The van der Waals surface area contributed by atoms with E-state index >= 15 is 0 Å². The first kappa shape index (κ1) is 18.4. The molecule has 0 aromatic heterocycles. The lowest BCUT2D eigenvalue weighted by Crippen LogP contribution is -2.37. The molecule has 2 heterocycles. The molecule has 7 heteroatoms. The van der Waals surface area contributed by atoms with Gasteiger partial charge in [0.1, 0.15) is 0 Å². The van der Waals surface area contributed by atoms with Crippen LogP contribution in [0.3, 0.4) is 0 Å². The summed E-state index contributed by atoms with van der Waals surface area (Å²) < 4.78 is 10.7. The molecule has 0 unspecified atom stereocenters. The SMILES string of the molecule is NC(=NCCCN1CCOCC1)NCCCCN1CCOCC1. The average molecular weight is 327 g/mol. The van der Waals surface area contributed by atoms with Gasteiger partial charge in [-0.2, -0.15) is 0 Å². The van der Waals surface area contributed by atoms with Crippen LogP contribution in [-0.4, -0.2) is 94.5 Å². The number of nitrogens with one attached hydrogen (secondary N) is 1. The molecule has 2 rings (SSSR count). The summed E-state index contributed by atoms with van der Waals surface area (Å²) in [4.78, 5) is 9.28. The molecule has 2 fully saturated rings. The zero-order valence-electron chi connectivity index (χ0n) is 14.3. The lowest BCUT2D eigenvalue weighted by molar-refractivity contribution is 0.0372. The van der Waals surface area contributed by atoms with Crippen LogP contribution >= 0.6 is 0 Å². The Bertz CT molecular complexity index is 328. The Balaban J connectivity index is 1.41. The van der Waals surface area contributed by atoms with Crippen LogP contribution in [0.1, 0.15) is 19.3 Å². The molecule has 0 aromatic rings. The van der Waals surface area contributed by atoms with Crippen LogP contribution in [0, 0.1) is 0 Å². The topological polar surface area (TPSA) is 75.3 Å². The van der Waals surface area contributed by atoms with E-state index in [4.69, 9.17) is 15.2 Å². The summed E-state index contributed by atoms with van der Waals surface area (Å²) >= 11 is 0. The highest BCUT2D eigenvalue weighted by molar-refractivity contribution is 5.77. The van der Waals surface area contributed by atoms with E-state index in [-0.39, 0.29) is 0 Å². The van der Waals surface area contributed by atoms with Crippen LogP contribution in [0.5, 0.6) is 0 Å². The molecule has 0 aliphatic carbocycles. The molecule has 134 valence electrons. The molecule has 0 bridgehead atoms. The highest BCUT2D eigenvalue weighted by Gasteiger charge is 2.09. The zero-order chi connectivity index (χ0) is 16.2. The molecule has 0 spiro atoms. The van der Waals surface area contributed by atoms with Gasteiger partial charge in [-0.25, -0.2) is 0 Å². The van der Waals surface area contributed by atoms with E-state index in [0.29, 0.717) is 5.96 Å². The van der Waals surface area contributed by atoms with E-state index in [9.17, 15) is 0 Å². The van der Waals surface area contributed by atoms with E-state index in [1.165, 1.54) is 6.42 Å². The van der Waals surface area contributed by atoms with Crippen LogP contribution in [0.2, 0.25) is 0 Å². The molecule has 2 saturated heterocycles. The van der Waals surface area contributed by atoms with Crippen LogP contribution in [0.15, 0.2) is 4.99 Å². The van der Waals surface area contributed by atoms with Gasteiger partial charge in [-0.15, -0.1) is 0 Å². The lowest BCUT2D eigenvalue weighted by atomic mass is 10.3. The number of hydrogen-bond donors (Lipinski definition) is 2. The van der Waals surface area contributed by atoms with Crippen molar-refractivity contribution in [1.29, 1.82) is 0 Å². The van der Waals surface area contributed by atoms with Gasteiger partial charge in [-0.3, -0.25) is 14.8 Å². The third-order valence-corrected chi connectivity index (χ3v) is 4.33. The summed E-state index contributed by atoms with van der Waals surface area (Å²) in [7, 11) is 0. The fraction of sp³-hybridized carbons (Fsp3) is 0.938. The summed E-state index contributed by atoms with van der Waals surface area (Å²) in [6.07, 6.45) is 3.37. The van der Waals surface area contributed by atoms with Crippen molar-refractivity contribution in [2.75, 3.05) is 78.8 Å². The predicted octanol–water partition coefficient (Wildman–Crippen LogP) is -0.275. The normalized spacial score (nSPS) is 21.5. The van der Waals surface area contributed by atoms with Crippen molar-refractivity contribution >= 4 is 5.96 Å². The summed E-state index contributed by atoms with van der Waals surface area (Å²) in [6, 6.07) is 0. The van der Waals surface area contributed by atoms with Gasteiger partial charge in [0.15, 0.2) is 5.96 Å². The van der Waals surface area contributed by atoms with Crippen LogP contribution < -0.4 is 11.1 Å². The van der Waals surface area contributed by atoms with Crippen LogP contribution in [0.25, 0.3) is 0 Å². The Morgan fingerprint density at radius 2 is 1.43 bits per heavy atom. The molecule has 2 aliphatic rings. The van der Waals surface area contributed by atoms with Crippen molar-refractivity contribution in [2.24, 2.45) is 10.7 Å². The minimum Gasteiger partial charge on any atom is -0.379 e. The quantitative estimate of drug-likeness (QED) is 0.345. The number of guanidine groups is 1. The van der Waals surface area contributed by atoms with Crippen LogP contribution in [-0.2, 0) is 9.47 Å². The van der Waals surface area contributed by atoms with Gasteiger partial charge in [-0.1, -0.05) is 0 Å². The summed E-state index contributed by atoms with van der Waals surface area (Å²) in [5.41, 5.74) is 5.90. The maximum absolute atomic E-state index is 5.90. The second-order valence-corrected chi connectivity index (χ2v) is 6.16. The number of hydrogen-bond acceptors (Lipinski definition) is 5. The molecule has 0 atom stereocenters. The Labute approximate surface area is 140 Å². The molecule has 0 amide bonds. The van der Waals surface area contributed by atoms with E-state index in [1.54, 1.807) is 0 Å². The number of nitrogens with two attached hydrogens (primary N) is 1. The molecule has 2 aliphatic heterocycles. The first-order valence-electron chi connectivity index (χ1n) is 8.98. The van der Waals surface area contributed by atoms with Gasteiger partial charge >= 0.3 is 0 Å². The summed E-state index contributed by atoms with van der Waals surface area (Å²) in [6.45, 7) is 11.6. The van der Waals surface area contributed by atoms with Crippen molar-refractivity contribution in [3.05, 3.63) is 0 Å². The largest absolute Gasteiger partial charge is 0.379 e. The highest BCUT2D eigenvalue weighted by Crippen LogP contribution is 2.00. The first-order chi connectivity index (χ1) is 11.3. The highest BCUT2D eigenvalue weighted by atomic mass is 16.5. The average Bonchev–Trinajstić information content (AvgIpc) is 2.60. The maximum Gasteiger partial charge on any atom is 0.188 e. The number of ether oxygens (including phenoxy) is 2. The van der Waals surface area contributed by atoms with Crippen LogP contribution in [0.4, 0.5) is 0 Å². The smallest absolute Gasteiger partial charge is 0.188 e. The van der Waals surface area contributed by atoms with Crippen molar-refractivity contribution in [1.82, 2.24) is 15.1 Å². The van der Waals surface area contributed by atoms with Crippen molar-refractivity contribution in [3.63, 3.8) is 0 Å². The van der Waals surface area contributed by atoms with E-state index in [0.717, 1.165) is 91.6 Å². The van der Waals surface area contributed by atoms with Gasteiger partial charge in [0.25, 0.3) is 0 Å². The van der Waals surface area contributed by atoms with E-state index in [2.05, 4.69) is 20.1 Å². The van der Waals surface area contributed by atoms with Gasteiger partial charge in [0.05, 0.1) is 26.4 Å². The molecular formula is C16H33N5O2. The standard InChI is InChI=1S/C16H33N5O2/c17-16(19-5-3-7-21-10-14-23-15-11-21)18-4-1-2-6-20-8-12-22-13-9-20/h1-15H2,(H3,17,18,19). The van der Waals surface area contributed by atoms with Gasteiger partial charge in [-0.05, 0) is 25.8 Å². The first-order valence-corrected chi connectivity index (χ1v) is 8.98. The summed E-state index contributed by atoms with van der Waals surface area (Å²) in [5.74, 6) is 0.582. The lowest BCUT2D eigenvalue weighted by Gasteiger charge is -2.26. The molecule has 3 N–H and O–H groups in total. The number of unbranched alkanes of at least 4 members (excludes halogenated alkanes) is 1. The fourth-order valence-electron chi connectivity index (χ4n) is 2.88. The van der Waals surface area contributed by atoms with E-state index < -0.39 is 0 Å². The monoisotopic (exact) mass is 327 g/mol. The third-order valence-electron chi connectivity index (χ3n) is 4.33. The second-order valence-electron chi connectivity index (χ2n) is 6.16. The predicted molar refractivity (Wildman–Crippen MR) is 92.9 cm³/mol. The zero-order valence-corrected chi connectivity index (χ0v) is 14.3. The Morgan fingerprint density at radius 3 is 2.04 bits per heavy atom. The molecule has 0 aromatic carbocycles.